The molecule has 1 atom stereocenters. The highest BCUT2D eigenvalue weighted by atomic mass is 79.9. The molecule has 1 unspecified atom stereocenters. The van der Waals surface area contributed by atoms with E-state index in [-0.39, 0.29) is 11.8 Å². The second-order valence-electron chi connectivity index (χ2n) is 3.94. The Morgan fingerprint density at radius 1 is 1.59 bits per heavy atom. The standard InChI is InChI=1S/C11H13BrN2O3/c12-10-4-3-8(6-11(10)14(15)16)13-7-9-2-1-5-17-9/h3-4,6,9,13H,1-2,5,7H2. The van der Waals surface area contributed by atoms with Crippen molar-refractivity contribution < 1.29 is 9.66 Å². The molecule has 1 fully saturated rings. The number of hydrogen-bond donors (Lipinski definition) is 1. The lowest BCUT2D eigenvalue weighted by atomic mass is 10.2. The second-order valence-corrected chi connectivity index (χ2v) is 4.79. The van der Waals surface area contributed by atoms with Gasteiger partial charge >= 0.3 is 0 Å². The zero-order valence-corrected chi connectivity index (χ0v) is 10.8. The molecule has 17 heavy (non-hydrogen) atoms. The van der Waals surface area contributed by atoms with E-state index < -0.39 is 4.92 Å². The molecule has 2 rings (SSSR count). The highest BCUT2D eigenvalue weighted by molar-refractivity contribution is 9.10. The maximum atomic E-state index is 10.8. The van der Waals surface area contributed by atoms with Crippen LogP contribution in [0, 0.1) is 10.1 Å². The molecule has 92 valence electrons. The molecule has 1 aromatic carbocycles. The van der Waals surface area contributed by atoms with Gasteiger partial charge in [-0.15, -0.1) is 0 Å². The molecule has 0 saturated carbocycles. The molecule has 0 amide bonds. The van der Waals surface area contributed by atoms with E-state index in [0.717, 1.165) is 25.1 Å². The number of rotatable bonds is 4. The van der Waals surface area contributed by atoms with Crippen LogP contribution in [0.5, 0.6) is 0 Å². The van der Waals surface area contributed by atoms with Gasteiger partial charge in [0.15, 0.2) is 0 Å². The summed E-state index contributed by atoms with van der Waals surface area (Å²) in [7, 11) is 0. The third-order valence-electron chi connectivity index (χ3n) is 2.70. The van der Waals surface area contributed by atoms with Crippen molar-refractivity contribution in [1.82, 2.24) is 0 Å². The van der Waals surface area contributed by atoms with Gasteiger partial charge in [0.05, 0.1) is 15.5 Å². The van der Waals surface area contributed by atoms with Crippen LogP contribution in [0.25, 0.3) is 0 Å². The molecule has 0 aromatic heterocycles. The Morgan fingerprint density at radius 2 is 2.41 bits per heavy atom. The van der Waals surface area contributed by atoms with Gasteiger partial charge in [-0.25, -0.2) is 0 Å². The predicted octanol–water partition coefficient (Wildman–Crippen LogP) is 2.95. The molecule has 1 heterocycles. The predicted molar refractivity (Wildman–Crippen MR) is 68.3 cm³/mol. The largest absolute Gasteiger partial charge is 0.382 e. The van der Waals surface area contributed by atoms with E-state index in [2.05, 4.69) is 21.2 Å². The minimum absolute atomic E-state index is 0.0716. The van der Waals surface area contributed by atoms with Gasteiger partial charge in [0, 0.05) is 24.9 Å². The summed E-state index contributed by atoms with van der Waals surface area (Å²) in [6.45, 7) is 1.51. The first-order valence-corrected chi connectivity index (χ1v) is 6.25. The summed E-state index contributed by atoms with van der Waals surface area (Å²) in [5.41, 5.74) is 0.817. The second kappa shape index (κ2) is 5.46. The van der Waals surface area contributed by atoms with E-state index in [4.69, 9.17) is 4.74 Å². The third kappa shape index (κ3) is 3.17. The van der Waals surface area contributed by atoms with Crippen molar-refractivity contribution in [2.45, 2.75) is 18.9 Å². The Labute approximate surface area is 107 Å². The molecule has 5 nitrogen and oxygen atoms in total. The van der Waals surface area contributed by atoms with E-state index >= 15 is 0 Å². The summed E-state index contributed by atoms with van der Waals surface area (Å²) >= 11 is 3.15. The van der Waals surface area contributed by atoms with Crippen LogP contribution in [0.3, 0.4) is 0 Å². The van der Waals surface area contributed by atoms with Gasteiger partial charge < -0.3 is 10.1 Å². The average molecular weight is 301 g/mol. The molecule has 0 radical (unpaired) electrons. The Balaban J connectivity index is 2.00. The van der Waals surface area contributed by atoms with Gasteiger partial charge in [-0.05, 0) is 40.9 Å². The van der Waals surface area contributed by atoms with Gasteiger partial charge in [-0.3, -0.25) is 10.1 Å². The molecule has 1 saturated heterocycles. The van der Waals surface area contributed by atoms with Crippen LogP contribution >= 0.6 is 15.9 Å². The zero-order valence-electron chi connectivity index (χ0n) is 9.19. The Bertz CT molecular complexity index is 419. The topological polar surface area (TPSA) is 64.4 Å². The van der Waals surface area contributed by atoms with Crippen molar-refractivity contribution in [2.75, 3.05) is 18.5 Å². The van der Waals surface area contributed by atoms with E-state index in [1.54, 1.807) is 6.07 Å². The summed E-state index contributed by atoms with van der Waals surface area (Å²) < 4.78 is 5.96. The first kappa shape index (κ1) is 12.3. The van der Waals surface area contributed by atoms with Crippen LogP contribution in [0.15, 0.2) is 22.7 Å². The molecule has 1 aromatic rings. The number of nitrogens with zero attached hydrogens (tertiary/aromatic N) is 1. The lowest BCUT2D eigenvalue weighted by molar-refractivity contribution is -0.385. The Morgan fingerprint density at radius 3 is 3.06 bits per heavy atom. The lowest BCUT2D eigenvalue weighted by Gasteiger charge is -2.11. The molecule has 1 aliphatic rings. The van der Waals surface area contributed by atoms with Gasteiger partial charge in [-0.2, -0.15) is 0 Å². The number of halogens is 1. The fraction of sp³-hybridized carbons (Fsp3) is 0.455. The van der Waals surface area contributed by atoms with E-state index in [1.807, 2.05) is 6.07 Å². The molecule has 0 spiro atoms. The molecular weight excluding hydrogens is 288 g/mol. The molecule has 0 aliphatic carbocycles. The summed E-state index contributed by atoms with van der Waals surface area (Å²) in [6, 6.07) is 5.01. The highest BCUT2D eigenvalue weighted by Gasteiger charge is 2.16. The number of nitro groups is 1. The van der Waals surface area contributed by atoms with E-state index in [1.165, 1.54) is 6.07 Å². The first-order valence-electron chi connectivity index (χ1n) is 5.46. The van der Waals surface area contributed by atoms with E-state index in [0.29, 0.717) is 11.0 Å². The number of ether oxygens (including phenoxy) is 1. The van der Waals surface area contributed by atoms with Crippen molar-refractivity contribution in [3.8, 4) is 0 Å². The van der Waals surface area contributed by atoms with Crippen LogP contribution in [0.1, 0.15) is 12.8 Å². The normalized spacial score (nSPS) is 19.2. The van der Waals surface area contributed by atoms with Gasteiger partial charge in [0.25, 0.3) is 5.69 Å². The minimum Gasteiger partial charge on any atom is -0.382 e. The van der Waals surface area contributed by atoms with Crippen molar-refractivity contribution >= 4 is 27.3 Å². The number of benzene rings is 1. The smallest absolute Gasteiger partial charge is 0.285 e. The van der Waals surface area contributed by atoms with Crippen LogP contribution in [-0.4, -0.2) is 24.2 Å². The Kier molecular flexibility index (Phi) is 3.96. The van der Waals surface area contributed by atoms with Crippen LogP contribution in [0.4, 0.5) is 11.4 Å². The van der Waals surface area contributed by atoms with Crippen LogP contribution in [0.2, 0.25) is 0 Å². The average Bonchev–Trinajstić information content (AvgIpc) is 2.80. The number of hydrogen-bond acceptors (Lipinski definition) is 4. The summed E-state index contributed by atoms with van der Waals surface area (Å²) in [6.07, 6.45) is 2.36. The monoisotopic (exact) mass is 300 g/mol. The van der Waals surface area contributed by atoms with Crippen molar-refractivity contribution in [3.05, 3.63) is 32.8 Å². The fourth-order valence-corrected chi connectivity index (χ4v) is 2.19. The quantitative estimate of drug-likeness (QED) is 0.686. The molecule has 6 heteroatoms. The van der Waals surface area contributed by atoms with Crippen LogP contribution < -0.4 is 5.32 Å². The molecular formula is C11H13BrN2O3. The number of anilines is 1. The maximum Gasteiger partial charge on any atom is 0.285 e. The SMILES string of the molecule is O=[N+]([O-])c1cc(NCC2CCCO2)ccc1Br. The van der Waals surface area contributed by atoms with Gasteiger partial charge in [0.1, 0.15) is 0 Å². The third-order valence-corrected chi connectivity index (χ3v) is 3.37. The zero-order chi connectivity index (χ0) is 12.3. The molecule has 0 bridgehead atoms. The minimum atomic E-state index is -0.401. The summed E-state index contributed by atoms with van der Waals surface area (Å²) in [5, 5.41) is 13.9. The molecule has 1 N–H and O–H groups in total. The molecule has 1 aliphatic heterocycles. The van der Waals surface area contributed by atoms with Crippen molar-refractivity contribution in [2.24, 2.45) is 0 Å². The number of nitro benzene ring substituents is 1. The maximum absolute atomic E-state index is 10.8. The van der Waals surface area contributed by atoms with E-state index in [9.17, 15) is 10.1 Å². The lowest BCUT2D eigenvalue weighted by Crippen LogP contribution is -2.18. The number of nitrogens with one attached hydrogen (secondary N) is 1. The van der Waals surface area contributed by atoms with Gasteiger partial charge in [0.2, 0.25) is 0 Å². The first-order chi connectivity index (χ1) is 8.16. The van der Waals surface area contributed by atoms with Crippen molar-refractivity contribution in [1.29, 1.82) is 0 Å². The Hall–Kier alpha value is -1.14. The fourth-order valence-electron chi connectivity index (χ4n) is 1.80. The van der Waals surface area contributed by atoms with Crippen LogP contribution in [-0.2, 0) is 4.74 Å². The van der Waals surface area contributed by atoms with Crippen molar-refractivity contribution in [3.63, 3.8) is 0 Å². The summed E-state index contributed by atoms with van der Waals surface area (Å²) in [4.78, 5) is 10.4. The van der Waals surface area contributed by atoms with Gasteiger partial charge in [-0.1, -0.05) is 0 Å². The summed E-state index contributed by atoms with van der Waals surface area (Å²) in [5.74, 6) is 0. The highest BCUT2D eigenvalue weighted by Crippen LogP contribution is 2.28.